The molecule has 17 heavy (non-hydrogen) atoms. The maximum Gasteiger partial charge on any atom is 0.0470 e. The van der Waals surface area contributed by atoms with Crippen LogP contribution in [0.2, 0.25) is 0 Å². The summed E-state index contributed by atoms with van der Waals surface area (Å²) in [5, 5.41) is 2.61. The van der Waals surface area contributed by atoms with Crippen molar-refractivity contribution in [3.63, 3.8) is 0 Å². The highest BCUT2D eigenvalue weighted by atomic mass is 14.9. The molecule has 0 bridgehead atoms. The first-order chi connectivity index (χ1) is 8.31. The Morgan fingerprint density at radius 1 is 0.824 bits per heavy atom. The van der Waals surface area contributed by atoms with Crippen molar-refractivity contribution >= 4 is 10.8 Å². The molecule has 0 aliphatic heterocycles. The Labute approximate surface area is 101 Å². The van der Waals surface area contributed by atoms with Crippen molar-refractivity contribution in [1.29, 1.82) is 0 Å². The van der Waals surface area contributed by atoms with Crippen molar-refractivity contribution in [2.45, 2.75) is 13.5 Å². The van der Waals surface area contributed by atoms with E-state index in [2.05, 4.69) is 72.4 Å². The Kier molecular flexibility index (Phi) is 2.45. The zero-order chi connectivity index (χ0) is 11.7. The van der Waals surface area contributed by atoms with Crippen LogP contribution >= 0.6 is 0 Å². The smallest absolute Gasteiger partial charge is 0.0470 e. The molecule has 3 aromatic rings. The fraction of sp³-hybridized carbons (Fsp3) is 0.125. The highest BCUT2D eigenvalue weighted by molar-refractivity contribution is 5.82. The summed E-state index contributed by atoms with van der Waals surface area (Å²) in [6.07, 6.45) is 4.41. The van der Waals surface area contributed by atoms with Crippen LogP contribution in [-0.4, -0.2) is 4.57 Å². The summed E-state index contributed by atoms with van der Waals surface area (Å²) in [6, 6.07) is 17.2. The SMILES string of the molecule is Cc1ccc(Cn2cc3ccccc3c2)cc1. The molecule has 1 nitrogen and oxygen atoms in total. The van der Waals surface area contributed by atoms with Gasteiger partial charge in [-0.05, 0) is 23.3 Å². The van der Waals surface area contributed by atoms with Crippen LogP contribution < -0.4 is 0 Å². The summed E-state index contributed by atoms with van der Waals surface area (Å²) in [6.45, 7) is 3.06. The maximum atomic E-state index is 2.25. The second-order valence-corrected chi connectivity index (χ2v) is 4.55. The third kappa shape index (κ3) is 2.09. The standard InChI is InChI=1S/C16H15N/c1-13-6-8-14(9-7-13)10-17-11-15-4-2-3-5-16(15)12-17/h2-9,11-12H,10H2,1H3. The van der Waals surface area contributed by atoms with Gasteiger partial charge in [0.15, 0.2) is 0 Å². The van der Waals surface area contributed by atoms with Crippen molar-refractivity contribution in [3.8, 4) is 0 Å². The quantitative estimate of drug-likeness (QED) is 0.616. The van der Waals surface area contributed by atoms with Gasteiger partial charge in [0.05, 0.1) is 0 Å². The summed E-state index contributed by atoms with van der Waals surface area (Å²) in [5.74, 6) is 0. The van der Waals surface area contributed by atoms with E-state index in [9.17, 15) is 0 Å². The zero-order valence-corrected chi connectivity index (χ0v) is 9.93. The van der Waals surface area contributed by atoms with Gasteiger partial charge in [0.2, 0.25) is 0 Å². The van der Waals surface area contributed by atoms with Gasteiger partial charge in [0.25, 0.3) is 0 Å². The molecule has 0 amide bonds. The second kappa shape index (κ2) is 4.10. The first-order valence-corrected chi connectivity index (χ1v) is 5.91. The van der Waals surface area contributed by atoms with Gasteiger partial charge in [0.1, 0.15) is 0 Å². The van der Waals surface area contributed by atoms with Crippen LogP contribution in [-0.2, 0) is 6.54 Å². The van der Waals surface area contributed by atoms with Gasteiger partial charge in [-0.3, -0.25) is 0 Å². The normalized spacial score (nSPS) is 10.9. The molecular formula is C16H15N. The number of hydrogen-bond acceptors (Lipinski definition) is 0. The van der Waals surface area contributed by atoms with Gasteiger partial charge >= 0.3 is 0 Å². The highest BCUT2D eigenvalue weighted by Crippen LogP contribution is 2.16. The van der Waals surface area contributed by atoms with E-state index < -0.39 is 0 Å². The van der Waals surface area contributed by atoms with Gasteiger partial charge in [-0.2, -0.15) is 0 Å². The zero-order valence-electron chi connectivity index (χ0n) is 9.93. The molecule has 0 N–H and O–H groups in total. The molecule has 1 heterocycles. The van der Waals surface area contributed by atoms with E-state index in [0.29, 0.717) is 0 Å². The predicted octanol–water partition coefficient (Wildman–Crippen LogP) is 4.00. The Hall–Kier alpha value is -2.02. The summed E-state index contributed by atoms with van der Waals surface area (Å²) >= 11 is 0. The number of hydrogen-bond donors (Lipinski definition) is 0. The average Bonchev–Trinajstić information content (AvgIpc) is 2.74. The molecule has 0 fully saturated rings. The molecule has 3 rings (SSSR count). The van der Waals surface area contributed by atoms with Crippen molar-refractivity contribution in [3.05, 3.63) is 72.1 Å². The average molecular weight is 221 g/mol. The lowest BCUT2D eigenvalue weighted by atomic mass is 10.1. The summed E-state index contributed by atoms with van der Waals surface area (Å²) < 4.78 is 2.25. The van der Waals surface area contributed by atoms with Crippen LogP contribution in [0.3, 0.4) is 0 Å². The molecule has 1 heteroatoms. The molecule has 0 radical (unpaired) electrons. The highest BCUT2D eigenvalue weighted by Gasteiger charge is 1.98. The minimum Gasteiger partial charge on any atom is -0.349 e. The molecule has 0 saturated heterocycles. The predicted molar refractivity (Wildman–Crippen MR) is 72.2 cm³/mol. The van der Waals surface area contributed by atoms with Gasteiger partial charge in [-0.1, -0.05) is 54.1 Å². The number of benzene rings is 2. The molecule has 0 unspecified atom stereocenters. The minimum atomic E-state index is 0.939. The maximum absolute atomic E-state index is 2.25. The van der Waals surface area contributed by atoms with Crippen LogP contribution in [0.5, 0.6) is 0 Å². The largest absolute Gasteiger partial charge is 0.349 e. The van der Waals surface area contributed by atoms with E-state index in [1.807, 2.05) is 0 Å². The first kappa shape index (κ1) is 10.2. The second-order valence-electron chi connectivity index (χ2n) is 4.55. The lowest BCUT2D eigenvalue weighted by molar-refractivity contribution is 0.810. The number of nitrogens with zero attached hydrogens (tertiary/aromatic N) is 1. The molecule has 0 saturated carbocycles. The number of aryl methyl sites for hydroxylation is 1. The Morgan fingerprint density at radius 2 is 1.41 bits per heavy atom. The van der Waals surface area contributed by atoms with Crippen LogP contribution in [0.15, 0.2) is 60.9 Å². The van der Waals surface area contributed by atoms with Crippen molar-refractivity contribution < 1.29 is 0 Å². The monoisotopic (exact) mass is 221 g/mol. The van der Waals surface area contributed by atoms with Gasteiger partial charge < -0.3 is 4.57 Å². The van der Waals surface area contributed by atoms with Crippen LogP contribution in [0.1, 0.15) is 11.1 Å². The molecule has 84 valence electrons. The lowest BCUT2D eigenvalue weighted by Crippen LogP contribution is -1.95. The summed E-state index contributed by atoms with van der Waals surface area (Å²) in [7, 11) is 0. The molecule has 0 atom stereocenters. The van der Waals surface area contributed by atoms with Crippen molar-refractivity contribution in [2.75, 3.05) is 0 Å². The van der Waals surface area contributed by atoms with E-state index in [1.165, 1.54) is 21.9 Å². The van der Waals surface area contributed by atoms with E-state index >= 15 is 0 Å². The fourth-order valence-electron chi connectivity index (χ4n) is 2.14. The number of fused-ring (bicyclic) bond motifs is 1. The molecule has 0 spiro atoms. The minimum absolute atomic E-state index is 0.939. The van der Waals surface area contributed by atoms with Gasteiger partial charge in [-0.25, -0.2) is 0 Å². The third-order valence-electron chi connectivity index (χ3n) is 3.09. The van der Waals surface area contributed by atoms with Crippen LogP contribution in [0.25, 0.3) is 10.8 Å². The summed E-state index contributed by atoms with van der Waals surface area (Å²) in [4.78, 5) is 0. The van der Waals surface area contributed by atoms with Gasteiger partial charge in [-0.15, -0.1) is 0 Å². The molecule has 2 aromatic carbocycles. The lowest BCUT2D eigenvalue weighted by Gasteiger charge is -2.03. The van der Waals surface area contributed by atoms with Crippen molar-refractivity contribution in [2.24, 2.45) is 0 Å². The van der Waals surface area contributed by atoms with E-state index in [-0.39, 0.29) is 0 Å². The molecule has 0 aliphatic carbocycles. The van der Waals surface area contributed by atoms with E-state index in [0.717, 1.165) is 6.54 Å². The fourth-order valence-corrected chi connectivity index (χ4v) is 2.14. The Bertz CT molecular complexity index is 599. The number of rotatable bonds is 2. The topological polar surface area (TPSA) is 4.93 Å². The summed E-state index contributed by atoms with van der Waals surface area (Å²) in [5.41, 5.74) is 2.65. The number of aromatic nitrogens is 1. The van der Waals surface area contributed by atoms with Crippen LogP contribution in [0.4, 0.5) is 0 Å². The molecule has 0 aliphatic rings. The van der Waals surface area contributed by atoms with Crippen LogP contribution in [0, 0.1) is 6.92 Å². The molecular weight excluding hydrogens is 206 g/mol. The third-order valence-corrected chi connectivity index (χ3v) is 3.09. The Balaban J connectivity index is 1.92. The van der Waals surface area contributed by atoms with Gasteiger partial charge in [0, 0.05) is 18.9 Å². The molecule has 1 aromatic heterocycles. The first-order valence-electron chi connectivity index (χ1n) is 5.91. The van der Waals surface area contributed by atoms with E-state index in [1.54, 1.807) is 0 Å². The van der Waals surface area contributed by atoms with E-state index in [4.69, 9.17) is 0 Å². The Morgan fingerprint density at radius 3 is 2.00 bits per heavy atom. The van der Waals surface area contributed by atoms with Crippen molar-refractivity contribution in [1.82, 2.24) is 4.57 Å².